The maximum absolute atomic E-state index is 5.50. The monoisotopic (exact) mass is 327 g/mol. The Kier molecular flexibility index (Phi) is 4.49. The van der Waals surface area contributed by atoms with Crippen molar-refractivity contribution in [2.45, 2.75) is 6.92 Å². The summed E-state index contributed by atoms with van der Waals surface area (Å²) >= 11 is 0. The Bertz CT molecular complexity index is 693. The molecule has 24 heavy (non-hydrogen) atoms. The van der Waals surface area contributed by atoms with Crippen molar-refractivity contribution in [3.05, 3.63) is 24.3 Å². The smallest absolute Gasteiger partial charge is 0.227 e. The fraction of sp³-hybridized carbons (Fsp3) is 0.556. The minimum absolute atomic E-state index is 0.767. The van der Waals surface area contributed by atoms with Crippen molar-refractivity contribution >= 4 is 22.7 Å². The lowest BCUT2D eigenvalue weighted by atomic mass is 10.2. The number of rotatable bonds is 3. The Morgan fingerprint density at radius 3 is 2.42 bits per heavy atom. The first-order valence-electron chi connectivity index (χ1n) is 8.92. The van der Waals surface area contributed by atoms with Gasteiger partial charge < -0.3 is 19.4 Å². The lowest BCUT2D eigenvalue weighted by Gasteiger charge is -2.35. The Labute approximate surface area is 143 Å². The van der Waals surface area contributed by atoms with E-state index in [-0.39, 0.29) is 0 Å². The summed E-state index contributed by atoms with van der Waals surface area (Å²) in [7, 11) is 0. The second-order valence-electron chi connectivity index (χ2n) is 6.39. The molecular weight excluding hydrogens is 302 g/mol. The van der Waals surface area contributed by atoms with E-state index in [2.05, 4.69) is 45.9 Å². The van der Waals surface area contributed by atoms with Gasteiger partial charge in [-0.25, -0.2) is 4.98 Å². The van der Waals surface area contributed by atoms with Crippen molar-refractivity contribution in [1.29, 1.82) is 0 Å². The summed E-state index contributed by atoms with van der Waals surface area (Å²) in [4.78, 5) is 16.9. The van der Waals surface area contributed by atoms with Gasteiger partial charge in [0.2, 0.25) is 5.95 Å². The first kappa shape index (κ1) is 15.6. The molecule has 128 valence electrons. The second-order valence-corrected chi connectivity index (χ2v) is 6.39. The molecule has 1 aromatic carbocycles. The fourth-order valence-electron chi connectivity index (χ4n) is 3.47. The third-order valence-electron chi connectivity index (χ3n) is 4.98. The molecule has 2 aliphatic heterocycles. The Balaban J connectivity index is 1.69. The average Bonchev–Trinajstić information content (AvgIpc) is 2.68. The highest BCUT2D eigenvalue weighted by atomic mass is 16.5. The van der Waals surface area contributed by atoms with E-state index in [1.165, 1.54) is 0 Å². The third-order valence-corrected chi connectivity index (χ3v) is 4.98. The van der Waals surface area contributed by atoms with Crippen LogP contribution in [-0.4, -0.2) is 73.9 Å². The number of hydrogen-bond donors (Lipinski definition) is 0. The highest BCUT2D eigenvalue weighted by Crippen LogP contribution is 2.27. The van der Waals surface area contributed by atoms with Crippen LogP contribution in [0.1, 0.15) is 6.92 Å². The van der Waals surface area contributed by atoms with Crippen molar-refractivity contribution in [2.24, 2.45) is 0 Å². The third kappa shape index (κ3) is 3.03. The number of ether oxygens (including phenoxy) is 1. The molecule has 4 rings (SSSR count). The van der Waals surface area contributed by atoms with Gasteiger partial charge in [-0.3, -0.25) is 0 Å². The Morgan fingerprint density at radius 1 is 0.917 bits per heavy atom. The van der Waals surface area contributed by atoms with E-state index in [9.17, 15) is 0 Å². The number of piperazine rings is 1. The van der Waals surface area contributed by atoms with E-state index < -0.39 is 0 Å². The quantitative estimate of drug-likeness (QED) is 0.853. The van der Waals surface area contributed by atoms with Gasteiger partial charge in [-0.1, -0.05) is 19.1 Å². The number of anilines is 2. The van der Waals surface area contributed by atoms with E-state index in [4.69, 9.17) is 14.7 Å². The number of fused-ring (bicyclic) bond motifs is 1. The molecule has 2 fully saturated rings. The summed E-state index contributed by atoms with van der Waals surface area (Å²) in [5, 5.41) is 1.13. The summed E-state index contributed by atoms with van der Waals surface area (Å²) < 4.78 is 5.50. The number of hydrogen-bond acceptors (Lipinski definition) is 6. The van der Waals surface area contributed by atoms with Crippen LogP contribution in [0.2, 0.25) is 0 Å². The molecule has 0 bridgehead atoms. The number of morpholine rings is 1. The van der Waals surface area contributed by atoms with Gasteiger partial charge in [-0.2, -0.15) is 4.98 Å². The van der Waals surface area contributed by atoms with Gasteiger partial charge in [-0.05, 0) is 18.7 Å². The van der Waals surface area contributed by atoms with Crippen LogP contribution in [0, 0.1) is 0 Å². The zero-order valence-corrected chi connectivity index (χ0v) is 14.3. The summed E-state index contributed by atoms with van der Waals surface area (Å²) in [6, 6.07) is 8.33. The highest BCUT2D eigenvalue weighted by molar-refractivity contribution is 5.90. The van der Waals surface area contributed by atoms with E-state index in [1.54, 1.807) is 0 Å². The van der Waals surface area contributed by atoms with Gasteiger partial charge >= 0.3 is 0 Å². The molecule has 2 aromatic rings. The first-order chi connectivity index (χ1) is 11.8. The number of para-hydroxylation sites is 1. The van der Waals surface area contributed by atoms with Crippen molar-refractivity contribution < 1.29 is 4.74 Å². The van der Waals surface area contributed by atoms with Crippen LogP contribution in [0.5, 0.6) is 0 Å². The average molecular weight is 327 g/mol. The second kappa shape index (κ2) is 6.91. The van der Waals surface area contributed by atoms with Gasteiger partial charge in [-0.15, -0.1) is 0 Å². The molecule has 0 atom stereocenters. The topological polar surface area (TPSA) is 44.7 Å². The van der Waals surface area contributed by atoms with E-state index >= 15 is 0 Å². The van der Waals surface area contributed by atoms with E-state index in [0.717, 1.165) is 81.7 Å². The van der Waals surface area contributed by atoms with E-state index in [1.807, 2.05) is 0 Å². The fourth-order valence-corrected chi connectivity index (χ4v) is 3.47. The van der Waals surface area contributed by atoms with Crippen molar-refractivity contribution in [2.75, 3.05) is 68.8 Å². The normalized spacial score (nSPS) is 19.9. The van der Waals surface area contributed by atoms with Crippen molar-refractivity contribution in [1.82, 2.24) is 14.9 Å². The molecule has 2 saturated heterocycles. The SMILES string of the molecule is CCN1CCN(c2nc(N3CCOCC3)c3ccccc3n2)CC1. The molecule has 0 spiro atoms. The largest absolute Gasteiger partial charge is 0.378 e. The zero-order chi connectivity index (χ0) is 16.4. The standard InChI is InChI=1S/C18H25N5O/c1-2-21-7-9-23(10-8-21)18-19-16-6-4-3-5-15(16)17(20-18)22-11-13-24-14-12-22/h3-6H,2,7-14H2,1H3. The van der Waals surface area contributed by atoms with Gasteiger partial charge in [0.25, 0.3) is 0 Å². The van der Waals surface area contributed by atoms with Crippen LogP contribution in [0.4, 0.5) is 11.8 Å². The van der Waals surface area contributed by atoms with Crippen LogP contribution in [0.3, 0.4) is 0 Å². The molecule has 6 nitrogen and oxygen atoms in total. The van der Waals surface area contributed by atoms with Crippen LogP contribution < -0.4 is 9.80 Å². The number of likely N-dealkylation sites (N-methyl/N-ethyl adjacent to an activating group) is 1. The number of aromatic nitrogens is 2. The van der Waals surface area contributed by atoms with Crippen molar-refractivity contribution in [3.63, 3.8) is 0 Å². The summed E-state index contributed by atoms with van der Waals surface area (Å²) in [5.74, 6) is 1.92. The van der Waals surface area contributed by atoms with Crippen LogP contribution in [0.25, 0.3) is 10.9 Å². The minimum Gasteiger partial charge on any atom is -0.378 e. The van der Waals surface area contributed by atoms with E-state index in [0.29, 0.717) is 0 Å². The van der Waals surface area contributed by atoms with Gasteiger partial charge in [0.1, 0.15) is 5.82 Å². The molecule has 0 N–H and O–H groups in total. The molecule has 0 radical (unpaired) electrons. The van der Waals surface area contributed by atoms with Gasteiger partial charge in [0, 0.05) is 44.7 Å². The molecule has 6 heteroatoms. The zero-order valence-electron chi connectivity index (χ0n) is 14.3. The molecule has 0 amide bonds. The predicted octanol–water partition coefficient (Wildman–Crippen LogP) is 1.61. The number of nitrogens with zero attached hydrogens (tertiary/aromatic N) is 5. The Hall–Kier alpha value is -1.92. The Morgan fingerprint density at radius 2 is 1.67 bits per heavy atom. The van der Waals surface area contributed by atoms with Crippen LogP contribution in [-0.2, 0) is 4.74 Å². The maximum atomic E-state index is 5.50. The van der Waals surface area contributed by atoms with Crippen LogP contribution >= 0.6 is 0 Å². The molecule has 2 aliphatic rings. The molecule has 1 aromatic heterocycles. The minimum atomic E-state index is 0.767. The summed E-state index contributed by atoms with van der Waals surface area (Å²) in [5.41, 5.74) is 1.03. The molecular formula is C18H25N5O. The molecule has 0 unspecified atom stereocenters. The van der Waals surface area contributed by atoms with Crippen LogP contribution in [0.15, 0.2) is 24.3 Å². The summed E-state index contributed by atoms with van der Waals surface area (Å²) in [6.45, 7) is 10.8. The summed E-state index contributed by atoms with van der Waals surface area (Å²) in [6.07, 6.45) is 0. The lowest BCUT2D eigenvalue weighted by Crippen LogP contribution is -2.47. The van der Waals surface area contributed by atoms with Gasteiger partial charge in [0.05, 0.1) is 18.7 Å². The molecule has 0 saturated carbocycles. The predicted molar refractivity (Wildman–Crippen MR) is 96.9 cm³/mol. The highest BCUT2D eigenvalue weighted by Gasteiger charge is 2.22. The number of benzene rings is 1. The maximum Gasteiger partial charge on any atom is 0.227 e. The molecule has 3 heterocycles. The first-order valence-corrected chi connectivity index (χ1v) is 8.92. The molecule has 0 aliphatic carbocycles. The lowest BCUT2D eigenvalue weighted by molar-refractivity contribution is 0.122. The van der Waals surface area contributed by atoms with Crippen molar-refractivity contribution in [3.8, 4) is 0 Å². The van der Waals surface area contributed by atoms with Gasteiger partial charge in [0.15, 0.2) is 0 Å².